The first-order chi connectivity index (χ1) is 12.7. The molecule has 1 aromatic rings. The molecule has 0 aliphatic rings. The van der Waals surface area contributed by atoms with Crippen LogP contribution in [0.3, 0.4) is 0 Å². The second-order valence-electron chi connectivity index (χ2n) is 5.98. The predicted octanol–water partition coefficient (Wildman–Crippen LogP) is 2.97. The Bertz CT molecular complexity index is 704. The zero-order valence-corrected chi connectivity index (χ0v) is 16.9. The maximum atomic E-state index is 12.3. The SMILES string of the molecule is CCOC(=O)C[C@H](Cc1cc(Cl)c(N)c(C)c1COC(C)=O)C(=O)OCC. The minimum absolute atomic E-state index is 0.00712. The summed E-state index contributed by atoms with van der Waals surface area (Å²) in [5.41, 5.74) is 8.34. The number of carbonyl (C=O) groups excluding carboxylic acids is 3. The van der Waals surface area contributed by atoms with Gasteiger partial charge in [0.25, 0.3) is 0 Å². The third-order valence-electron chi connectivity index (χ3n) is 4.03. The molecule has 150 valence electrons. The standard InChI is InChI=1S/C19H26ClNO6/c1-5-25-17(23)9-14(19(24)26-6-2)7-13-8-16(20)18(21)11(3)15(13)10-27-12(4)22/h8,14H,5-7,9-10,21H2,1-4H3/t14-/m0/s1. The molecular formula is C19H26ClNO6. The number of hydrogen-bond acceptors (Lipinski definition) is 7. The van der Waals surface area contributed by atoms with Crippen LogP contribution in [0.25, 0.3) is 0 Å². The van der Waals surface area contributed by atoms with E-state index < -0.39 is 23.8 Å². The molecule has 7 nitrogen and oxygen atoms in total. The van der Waals surface area contributed by atoms with Gasteiger partial charge in [0.1, 0.15) is 6.61 Å². The molecule has 1 atom stereocenters. The highest BCUT2D eigenvalue weighted by Crippen LogP contribution is 2.31. The van der Waals surface area contributed by atoms with Gasteiger partial charge >= 0.3 is 17.9 Å². The topological polar surface area (TPSA) is 105 Å². The van der Waals surface area contributed by atoms with E-state index in [4.69, 9.17) is 31.5 Å². The summed E-state index contributed by atoms with van der Waals surface area (Å²) in [5, 5.41) is 0.327. The Morgan fingerprint density at radius 2 is 1.78 bits per heavy atom. The largest absolute Gasteiger partial charge is 0.466 e. The second kappa shape index (κ2) is 10.8. The van der Waals surface area contributed by atoms with Crippen molar-refractivity contribution in [3.05, 3.63) is 27.8 Å². The molecule has 27 heavy (non-hydrogen) atoms. The summed E-state index contributed by atoms with van der Waals surface area (Å²) < 4.78 is 15.1. The van der Waals surface area contributed by atoms with Crippen molar-refractivity contribution in [3.8, 4) is 0 Å². The van der Waals surface area contributed by atoms with Gasteiger partial charge in [-0.05, 0) is 49.9 Å². The molecule has 1 aromatic carbocycles. The maximum absolute atomic E-state index is 12.3. The highest BCUT2D eigenvalue weighted by Gasteiger charge is 2.26. The van der Waals surface area contributed by atoms with E-state index in [0.717, 1.165) is 0 Å². The average molecular weight is 400 g/mol. The third kappa shape index (κ3) is 6.75. The minimum Gasteiger partial charge on any atom is -0.466 e. The maximum Gasteiger partial charge on any atom is 0.309 e. The zero-order valence-electron chi connectivity index (χ0n) is 16.1. The van der Waals surface area contributed by atoms with Crippen molar-refractivity contribution >= 4 is 35.2 Å². The molecule has 0 saturated carbocycles. The lowest BCUT2D eigenvalue weighted by molar-refractivity contribution is -0.154. The molecule has 0 fully saturated rings. The van der Waals surface area contributed by atoms with Crippen LogP contribution in [0.15, 0.2) is 6.07 Å². The van der Waals surface area contributed by atoms with Crippen LogP contribution < -0.4 is 5.73 Å². The summed E-state index contributed by atoms with van der Waals surface area (Å²) in [6.07, 6.45) is 0.0514. The molecular weight excluding hydrogens is 374 g/mol. The van der Waals surface area contributed by atoms with Gasteiger partial charge in [-0.25, -0.2) is 0 Å². The van der Waals surface area contributed by atoms with Crippen LogP contribution in [0.4, 0.5) is 5.69 Å². The van der Waals surface area contributed by atoms with Gasteiger partial charge in [-0.2, -0.15) is 0 Å². The highest BCUT2D eigenvalue weighted by molar-refractivity contribution is 6.33. The molecule has 8 heteroatoms. The summed E-state index contributed by atoms with van der Waals surface area (Å²) >= 11 is 6.19. The van der Waals surface area contributed by atoms with E-state index in [1.54, 1.807) is 26.8 Å². The van der Waals surface area contributed by atoms with Crippen LogP contribution in [-0.2, 0) is 41.6 Å². The van der Waals surface area contributed by atoms with Crippen molar-refractivity contribution in [1.29, 1.82) is 0 Å². The van der Waals surface area contributed by atoms with E-state index in [0.29, 0.717) is 27.4 Å². The van der Waals surface area contributed by atoms with Crippen LogP contribution in [0.5, 0.6) is 0 Å². The van der Waals surface area contributed by atoms with Crippen molar-refractivity contribution in [2.75, 3.05) is 18.9 Å². The second-order valence-corrected chi connectivity index (χ2v) is 6.38. The van der Waals surface area contributed by atoms with E-state index in [1.807, 2.05) is 0 Å². The lowest BCUT2D eigenvalue weighted by Gasteiger charge is -2.20. The fourth-order valence-electron chi connectivity index (χ4n) is 2.64. The lowest BCUT2D eigenvalue weighted by atomic mass is 9.90. The smallest absolute Gasteiger partial charge is 0.309 e. The Hall–Kier alpha value is -2.28. The first-order valence-corrected chi connectivity index (χ1v) is 9.10. The van der Waals surface area contributed by atoms with Crippen molar-refractivity contribution in [1.82, 2.24) is 0 Å². The van der Waals surface area contributed by atoms with E-state index in [-0.39, 0.29) is 32.7 Å². The van der Waals surface area contributed by atoms with Crippen molar-refractivity contribution < 1.29 is 28.6 Å². The molecule has 0 bridgehead atoms. The number of nitrogens with two attached hydrogens (primary N) is 1. The number of halogens is 1. The van der Waals surface area contributed by atoms with Crippen molar-refractivity contribution in [3.63, 3.8) is 0 Å². The predicted molar refractivity (Wildman–Crippen MR) is 101 cm³/mol. The molecule has 0 saturated heterocycles. The number of anilines is 1. The quantitative estimate of drug-likeness (QED) is 0.386. The van der Waals surface area contributed by atoms with Crippen LogP contribution >= 0.6 is 11.6 Å². The summed E-state index contributed by atoms with van der Waals surface area (Å²) in [4.78, 5) is 35.4. The number of ether oxygens (including phenoxy) is 3. The number of esters is 3. The van der Waals surface area contributed by atoms with Gasteiger partial charge in [-0.1, -0.05) is 11.6 Å². The summed E-state index contributed by atoms with van der Waals surface area (Å²) in [6.45, 7) is 6.85. The van der Waals surface area contributed by atoms with Gasteiger partial charge in [-0.15, -0.1) is 0 Å². The number of nitrogen functional groups attached to an aromatic ring is 1. The molecule has 0 unspecified atom stereocenters. The van der Waals surface area contributed by atoms with Gasteiger partial charge in [0.05, 0.1) is 36.3 Å². The summed E-state index contributed by atoms with van der Waals surface area (Å²) in [7, 11) is 0. The first-order valence-electron chi connectivity index (χ1n) is 8.73. The van der Waals surface area contributed by atoms with Crippen LogP contribution in [0.2, 0.25) is 5.02 Å². The first kappa shape index (κ1) is 22.8. The molecule has 0 aromatic heterocycles. The number of rotatable bonds is 9. The number of benzene rings is 1. The van der Waals surface area contributed by atoms with Gasteiger partial charge in [0.2, 0.25) is 0 Å². The van der Waals surface area contributed by atoms with Gasteiger partial charge in [0.15, 0.2) is 0 Å². The molecule has 0 heterocycles. The minimum atomic E-state index is -0.751. The molecule has 0 amide bonds. The van der Waals surface area contributed by atoms with Gasteiger partial charge < -0.3 is 19.9 Å². The third-order valence-corrected chi connectivity index (χ3v) is 4.34. The Morgan fingerprint density at radius 3 is 2.33 bits per heavy atom. The monoisotopic (exact) mass is 399 g/mol. The molecule has 0 radical (unpaired) electrons. The molecule has 1 rings (SSSR count). The Balaban J connectivity index is 3.22. The number of carbonyl (C=O) groups is 3. The van der Waals surface area contributed by atoms with Gasteiger partial charge in [0, 0.05) is 6.92 Å². The number of hydrogen-bond donors (Lipinski definition) is 1. The average Bonchev–Trinajstić information content (AvgIpc) is 2.59. The van der Waals surface area contributed by atoms with Crippen molar-refractivity contribution in [2.24, 2.45) is 5.92 Å². The molecule has 0 aliphatic carbocycles. The summed E-state index contributed by atoms with van der Waals surface area (Å²) in [5.74, 6) is -2.19. The molecule has 0 aliphatic heterocycles. The van der Waals surface area contributed by atoms with Crippen molar-refractivity contribution in [2.45, 2.75) is 47.1 Å². The van der Waals surface area contributed by atoms with Crippen LogP contribution in [0.1, 0.15) is 43.9 Å². The zero-order chi connectivity index (χ0) is 20.6. The molecule has 0 spiro atoms. The fraction of sp³-hybridized carbons (Fsp3) is 0.526. The van der Waals surface area contributed by atoms with Gasteiger partial charge in [-0.3, -0.25) is 14.4 Å². The Kier molecular flexibility index (Phi) is 9.08. The summed E-state index contributed by atoms with van der Waals surface area (Å²) in [6, 6.07) is 1.63. The van der Waals surface area contributed by atoms with Crippen LogP contribution in [-0.4, -0.2) is 31.1 Å². The fourth-order valence-corrected chi connectivity index (χ4v) is 2.92. The normalized spacial score (nSPS) is 11.6. The van der Waals surface area contributed by atoms with E-state index in [1.165, 1.54) is 6.92 Å². The van der Waals surface area contributed by atoms with E-state index in [9.17, 15) is 14.4 Å². The van der Waals surface area contributed by atoms with Crippen LogP contribution in [0, 0.1) is 12.8 Å². The van der Waals surface area contributed by atoms with E-state index in [2.05, 4.69) is 0 Å². The lowest BCUT2D eigenvalue weighted by Crippen LogP contribution is -2.25. The molecule has 2 N–H and O–H groups in total. The van der Waals surface area contributed by atoms with E-state index >= 15 is 0 Å². The Morgan fingerprint density at radius 1 is 1.15 bits per heavy atom. The Labute approximate surface area is 164 Å². The highest BCUT2D eigenvalue weighted by atomic mass is 35.5.